The maximum atomic E-state index is 12.5. The van der Waals surface area contributed by atoms with Gasteiger partial charge >= 0.3 is 0 Å². The van der Waals surface area contributed by atoms with Crippen LogP contribution < -0.4 is 10.2 Å². The standard InChI is InChI=1S/C21H22N4O/c26-21(18-7-9-20(10-8-18)25-13-4-12-22-25)23-19-11-14-24(16-19)15-17-5-2-1-3-6-17/h1-10,12-13,19H,11,14-16H2,(H,23,26)/p+1/t19-/m0/s1. The van der Waals surface area contributed by atoms with E-state index in [-0.39, 0.29) is 11.9 Å². The first-order valence-electron chi connectivity index (χ1n) is 9.06. The van der Waals surface area contributed by atoms with Crippen molar-refractivity contribution in [1.82, 2.24) is 15.1 Å². The lowest BCUT2D eigenvalue weighted by atomic mass is 10.1. The molecular formula is C21H23N4O+. The van der Waals surface area contributed by atoms with Gasteiger partial charge in [-0.05, 0) is 30.3 Å². The van der Waals surface area contributed by atoms with E-state index in [1.54, 1.807) is 10.9 Å². The van der Waals surface area contributed by atoms with Crippen molar-refractivity contribution < 1.29 is 9.69 Å². The first-order chi connectivity index (χ1) is 12.8. The molecule has 5 nitrogen and oxygen atoms in total. The summed E-state index contributed by atoms with van der Waals surface area (Å²) >= 11 is 0. The average Bonchev–Trinajstić information content (AvgIpc) is 3.35. The highest BCUT2D eigenvalue weighted by atomic mass is 16.1. The number of benzene rings is 2. The molecule has 2 N–H and O–H groups in total. The summed E-state index contributed by atoms with van der Waals surface area (Å²) < 4.78 is 1.78. The Morgan fingerprint density at radius 3 is 2.65 bits per heavy atom. The third kappa shape index (κ3) is 3.83. The van der Waals surface area contributed by atoms with E-state index >= 15 is 0 Å². The number of hydrogen-bond donors (Lipinski definition) is 2. The number of carbonyl (C=O) groups excluding carboxylic acids is 1. The number of nitrogens with one attached hydrogen (secondary N) is 2. The van der Waals surface area contributed by atoms with Gasteiger partial charge in [-0.1, -0.05) is 30.3 Å². The van der Waals surface area contributed by atoms with Gasteiger partial charge in [-0.3, -0.25) is 4.79 Å². The lowest BCUT2D eigenvalue weighted by molar-refractivity contribution is -0.901. The largest absolute Gasteiger partial charge is 0.343 e. The Morgan fingerprint density at radius 2 is 1.92 bits per heavy atom. The molecule has 0 bridgehead atoms. The summed E-state index contributed by atoms with van der Waals surface area (Å²) in [7, 11) is 0. The molecule has 3 aromatic rings. The minimum Gasteiger partial charge on any atom is -0.343 e. The second kappa shape index (κ2) is 7.54. The molecule has 0 aliphatic carbocycles. The molecule has 2 atom stereocenters. The monoisotopic (exact) mass is 347 g/mol. The Labute approximate surface area is 153 Å². The molecule has 132 valence electrons. The average molecular weight is 347 g/mol. The van der Waals surface area contributed by atoms with Gasteiger partial charge < -0.3 is 10.2 Å². The number of carbonyl (C=O) groups is 1. The van der Waals surface area contributed by atoms with Crippen molar-refractivity contribution in [3.05, 3.63) is 84.2 Å². The van der Waals surface area contributed by atoms with E-state index in [0.29, 0.717) is 5.56 Å². The van der Waals surface area contributed by atoms with Crippen molar-refractivity contribution in [2.75, 3.05) is 13.1 Å². The van der Waals surface area contributed by atoms with Crippen LogP contribution in [0.5, 0.6) is 0 Å². The van der Waals surface area contributed by atoms with Gasteiger partial charge in [0.05, 0.1) is 24.8 Å². The lowest BCUT2D eigenvalue weighted by Crippen LogP contribution is -3.09. The van der Waals surface area contributed by atoms with Crippen molar-refractivity contribution in [2.45, 2.75) is 19.0 Å². The Morgan fingerprint density at radius 1 is 1.12 bits per heavy atom. The van der Waals surface area contributed by atoms with E-state index in [1.807, 2.05) is 42.6 Å². The first kappa shape index (κ1) is 16.5. The zero-order valence-corrected chi connectivity index (χ0v) is 14.6. The molecule has 5 heteroatoms. The zero-order chi connectivity index (χ0) is 17.8. The predicted molar refractivity (Wildman–Crippen MR) is 100 cm³/mol. The fourth-order valence-corrected chi connectivity index (χ4v) is 3.56. The molecular weight excluding hydrogens is 324 g/mol. The van der Waals surface area contributed by atoms with Crippen LogP contribution in [-0.4, -0.2) is 34.8 Å². The lowest BCUT2D eigenvalue weighted by Gasteiger charge is -2.14. The van der Waals surface area contributed by atoms with Crippen LogP contribution >= 0.6 is 0 Å². The number of quaternary nitrogens is 1. The van der Waals surface area contributed by atoms with E-state index in [4.69, 9.17) is 0 Å². The second-order valence-electron chi connectivity index (χ2n) is 6.82. The van der Waals surface area contributed by atoms with Crippen LogP contribution in [0.15, 0.2) is 73.1 Å². The van der Waals surface area contributed by atoms with Crippen LogP contribution in [0, 0.1) is 0 Å². The van der Waals surface area contributed by atoms with Gasteiger partial charge in [0.15, 0.2) is 0 Å². The van der Waals surface area contributed by atoms with Crippen LogP contribution in [0.25, 0.3) is 5.69 Å². The van der Waals surface area contributed by atoms with Gasteiger partial charge in [0.1, 0.15) is 6.54 Å². The summed E-state index contributed by atoms with van der Waals surface area (Å²) in [6.07, 6.45) is 4.65. The number of likely N-dealkylation sites (tertiary alicyclic amines) is 1. The highest BCUT2D eigenvalue weighted by molar-refractivity contribution is 5.94. The molecule has 2 heterocycles. The summed E-state index contributed by atoms with van der Waals surface area (Å²) in [5, 5.41) is 7.38. The Bertz CT molecular complexity index is 843. The first-order valence-corrected chi connectivity index (χ1v) is 9.06. The summed E-state index contributed by atoms with van der Waals surface area (Å²) in [4.78, 5) is 14.0. The molecule has 1 amide bonds. The Balaban J connectivity index is 1.32. The summed E-state index contributed by atoms with van der Waals surface area (Å²) in [6.45, 7) is 3.09. The van der Waals surface area contributed by atoms with E-state index in [9.17, 15) is 4.79 Å². The zero-order valence-electron chi connectivity index (χ0n) is 14.6. The second-order valence-corrected chi connectivity index (χ2v) is 6.82. The van der Waals surface area contributed by atoms with Crippen molar-refractivity contribution in [3.63, 3.8) is 0 Å². The van der Waals surface area contributed by atoms with Crippen molar-refractivity contribution >= 4 is 5.91 Å². The van der Waals surface area contributed by atoms with Crippen LogP contribution in [-0.2, 0) is 6.54 Å². The van der Waals surface area contributed by atoms with E-state index in [0.717, 1.165) is 31.7 Å². The van der Waals surface area contributed by atoms with Crippen molar-refractivity contribution in [3.8, 4) is 5.69 Å². The fraction of sp³-hybridized carbons (Fsp3) is 0.238. The number of hydrogen-bond acceptors (Lipinski definition) is 2. The number of rotatable bonds is 5. The minimum absolute atomic E-state index is 0.00276. The van der Waals surface area contributed by atoms with Crippen LogP contribution in [0.2, 0.25) is 0 Å². The molecule has 2 aromatic carbocycles. The predicted octanol–water partition coefficient (Wildman–Crippen LogP) is 1.46. The SMILES string of the molecule is O=C(N[C@H]1CC[NH+](Cc2ccccc2)C1)c1ccc(-n2cccn2)cc1. The molecule has 1 aliphatic heterocycles. The molecule has 1 fully saturated rings. The third-order valence-corrected chi connectivity index (χ3v) is 4.91. The van der Waals surface area contributed by atoms with E-state index in [1.165, 1.54) is 10.5 Å². The maximum Gasteiger partial charge on any atom is 0.251 e. The molecule has 4 rings (SSSR count). The van der Waals surface area contributed by atoms with Gasteiger partial charge in [0.2, 0.25) is 0 Å². The number of aromatic nitrogens is 2. The van der Waals surface area contributed by atoms with Crippen molar-refractivity contribution in [2.24, 2.45) is 0 Å². The quantitative estimate of drug-likeness (QED) is 0.734. The van der Waals surface area contributed by atoms with Crippen LogP contribution in [0.4, 0.5) is 0 Å². The topological polar surface area (TPSA) is 51.4 Å². The summed E-state index contributed by atoms with van der Waals surface area (Å²) in [5.41, 5.74) is 2.99. The van der Waals surface area contributed by atoms with Crippen molar-refractivity contribution in [1.29, 1.82) is 0 Å². The molecule has 26 heavy (non-hydrogen) atoms. The fourth-order valence-electron chi connectivity index (χ4n) is 3.56. The molecule has 0 saturated carbocycles. The molecule has 1 aromatic heterocycles. The van der Waals surface area contributed by atoms with Crippen LogP contribution in [0.1, 0.15) is 22.3 Å². The maximum absolute atomic E-state index is 12.5. The van der Waals surface area contributed by atoms with E-state index < -0.39 is 0 Å². The Kier molecular flexibility index (Phi) is 4.80. The molecule has 1 aliphatic rings. The highest BCUT2D eigenvalue weighted by Crippen LogP contribution is 2.09. The van der Waals surface area contributed by atoms with Crippen LogP contribution in [0.3, 0.4) is 0 Å². The summed E-state index contributed by atoms with van der Waals surface area (Å²) in [5.74, 6) is 0.00276. The normalized spacial score (nSPS) is 19.4. The third-order valence-electron chi connectivity index (χ3n) is 4.91. The smallest absolute Gasteiger partial charge is 0.251 e. The highest BCUT2D eigenvalue weighted by Gasteiger charge is 2.27. The summed E-state index contributed by atoms with van der Waals surface area (Å²) in [6, 6.07) is 20.2. The molecule has 1 saturated heterocycles. The molecule has 0 radical (unpaired) electrons. The van der Waals surface area contributed by atoms with Gasteiger partial charge in [-0.15, -0.1) is 0 Å². The number of nitrogens with zero attached hydrogens (tertiary/aromatic N) is 2. The minimum atomic E-state index is 0.00276. The van der Waals surface area contributed by atoms with Gasteiger partial charge in [0, 0.05) is 29.9 Å². The molecule has 0 spiro atoms. The molecule has 1 unspecified atom stereocenters. The van der Waals surface area contributed by atoms with Gasteiger partial charge in [-0.2, -0.15) is 5.10 Å². The van der Waals surface area contributed by atoms with E-state index in [2.05, 4.69) is 34.7 Å². The van der Waals surface area contributed by atoms with Gasteiger partial charge in [0.25, 0.3) is 5.91 Å². The number of amides is 1. The van der Waals surface area contributed by atoms with Gasteiger partial charge in [-0.25, -0.2) is 4.68 Å². The Hall–Kier alpha value is -2.92.